The Bertz CT molecular complexity index is 2110. The SMILES string of the molecule is COc1ncc(-c2ccc3nccc(-c4ccc(C(=O)NC5CN(OC)C5=O)cc4)c3c2)cc1NS(=O)(=O)c1ccc(F)cc1F. The average Bonchev–Trinajstić information content (AvgIpc) is 3.05. The van der Waals surface area contributed by atoms with Gasteiger partial charge < -0.3 is 10.1 Å². The maximum Gasteiger partial charge on any atom is 0.270 e. The lowest BCUT2D eigenvalue weighted by atomic mass is 9.97. The number of hydrogen-bond donors (Lipinski definition) is 2. The third kappa shape index (κ3) is 5.82. The number of amides is 2. The lowest BCUT2D eigenvalue weighted by molar-refractivity contribution is -0.202. The summed E-state index contributed by atoms with van der Waals surface area (Å²) in [7, 11) is -1.77. The molecule has 2 amide bonds. The third-order valence-electron chi connectivity index (χ3n) is 7.42. The molecule has 3 heterocycles. The van der Waals surface area contributed by atoms with Crippen LogP contribution in [0.5, 0.6) is 5.88 Å². The fraction of sp³-hybridized carbons (Fsp3) is 0.125. The van der Waals surface area contributed by atoms with E-state index in [4.69, 9.17) is 9.57 Å². The topological polar surface area (TPSA) is 140 Å². The second-order valence-corrected chi connectivity index (χ2v) is 11.9. The zero-order valence-electron chi connectivity index (χ0n) is 24.3. The van der Waals surface area contributed by atoms with Gasteiger partial charge in [0.25, 0.3) is 21.8 Å². The van der Waals surface area contributed by atoms with Crippen molar-refractivity contribution in [2.24, 2.45) is 0 Å². The second kappa shape index (κ2) is 12.1. The number of aromatic nitrogens is 2. The summed E-state index contributed by atoms with van der Waals surface area (Å²) in [6.07, 6.45) is 3.16. The molecule has 1 aliphatic heterocycles. The third-order valence-corrected chi connectivity index (χ3v) is 8.82. The first-order valence-corrected chi connectivity index (χ1v) is 15.2. The fourth-order valence-electron chi connectivity index (χ4n) is 5.03. The molecule has 14 heteroatoms. The Kier molecular flexibility index (Phi) is 8.06. The molecule has 1 saturated heterocycles. The minimum Gasteiger partial charge on any atom is -0.480 e. The molecule has 2 N–H and O–H groups in total. The highest BCUT2D eigenvalue weighted by molar-refractivity contribution is 7.92. The van der Waals surface area contributed by atoms with Crippen LogP contribution in [0.4, 0.5) is 14.5 Å². The number of hydroxylamine groups is 2. The quantitative estimate of drug-likeness (QED) is 0.223. The minimum absolute atomic E-state index is 0.0531. The van der Waals surface area contributed by atoms with Crippen molar-refractivity contribution < 1.29 is 36.4 Å². The first-order chi connectivity index (χ1) is 22.1. The molecule has 0 spiro atoms. The molecule has 1 unspecified atom stereocenters. The van der Waals surface area contributed by atoms with E-state index in [1.807, 2.05) is 12.1 Å². The standard InChI is InChI=1S/C32H25F2N5O6S/c1-44-31-27(38-46(42,43)29-10-8-22(33)15-25(29)34)14-21(16-36-31)20-7-9-26-24(13-20)23(11-12-35-26)18-3-5-19(6-4-18)30(40)37-28-17-39(45-2)32(28)41/h3-16,28,38H,17H2,1-2H3,(H,37,40). The van der Waals surface area contributed by atoms with Crippen LogP contribution in [0.25, 0.3) is 33.2 Å². The van der Waals surface area contributed by atoms with Crippen molar-refractivity contribution in [2.75, 3.05) is 25.5 Å². The summed E-state index contributed by atoms with van der Waals surface area (Å²) in [6.45, 7) is 0.272. The number of ether oxygens (including phenoxy) is 1. The van der Waals surface area contributed by atoms with Crippen LogP contribution in [0.3, 0.4) is 0 Å². The number of benzene rings is 3. The maximum atomic E-state index is 14.3. The predicted molar refractivity (Wildman–Crippen MR) is 164 cm³/mol. The van der Waals surface area contributed by atoms with Crippen LogP contribution in [0, 0.1) is 11.6 Å². The van der Waals surface area contributed by atoms with E-state index >= 15 is 0 Å². The number of rotatable bonds is 9. The van der Waals surface area contributed by atoms with Crippen molar-refractivity contribution in [3.05, 3.63) is 102 Å². The highest BCUT2D eigenvalue weighted by atomic mass is 32.2. The summed E-state index contributed by atoms with van der Waals surface area (Å²) in [5.41, 5.74) is 3.81. The number of methoxy groups -OCH3 is 1. The van der Waals surface area contributed by atoms with Gasteiger partial charge in [0.15, 0.2) is 0 Å². The Balaban J connectivity index is 1.29. The molecule has 0 bridgehead atoms. The van der Waals surface area contributed by atoms with Crippen molar-refractivity contribution in [3.8, 4) is 28.1 Å². The van der Waals surface area contributed by atoms with Gasteiger partial charge in [-0.2, -0.15) is 0 Å². The summed E-state index contributed by atoms with van der Waals surface area (Å²) in [6, 6.07) is 17.2. The van der Waals surface area contributed by atoms with Crippen LogP contribution >= 0.6 is 0 Å². The Morgan fingerprint density at radius 1 is 0.935 bits per heavy atom. The van der Waals surface area contributed by atoms with Crippen LogP contribution in [0.2, 0.25) is 0 Å². The molecular formula is C32H25F2N5O6S. The number of carbonyl (C=O) groups is 2. The summed E-state index contributed by atoms with van der Waals surface area (Å²) >= 11 is 0. The summed E-state index contributed by atoms with van der Waals surface area (Å²) in [4.78, 5) is 37.5. The first-order valence-electron chi connectivity index (χ1n) is 13.8. The van der Waals surface area contributed by atoms with Gasteiger partial charge >= 0.3 is 0 Å². The zero-order chi connectivity index (χ0) is 32.6. The van der Waals surface area contributed by atoms with E-state index in [9.17, 15) is 26.8 Å². The molecule has 1 fully saturated rings. The monoisotopic (exact) mass is 645 g/mol. The van der Waals surface area contributed by atoms with E-state index in [0.29, 0.717) is 28.3 Å². The zero-order valence-corrected chi connectivity index (χ0v) is 25.1. The van der Waals surface area contributed by atoms with E-state index < -0.39 is 32.6 Å². The van der Waals surface area contributed by atoms with Gasteiger partial charge in [0.05, 0.1) is 26.3 Å². The van der Waals surface area contributed by atoms with Gasteiger partial charge in [-0.1, -0.05) is 18.2 Å². The van der Waals surface area contributed by atoms with Crippen LogP contribution in [-0.4, -0.2) is 62.1 Å². The molecule has 1 atom stereocenters. The van der Waals surface area contributed by atoms with E-state index in [-0.39, 0.29) is 29.9 Å². The largest absolute Gasteiger partial charge is 0.480 e. The number of nitrogens with zero attached hydrogens (tertiary/aromatic N) is 3. The molecule has 3 aromatic carbocycles. The molecule has 11 nitrogen and oxygen atoms in total. The molecule has 0 radical (unpaired) electrons. The smallest absolute Gasteiger partial charge is 0.270 e. The van der Waals surface area contributed by atoms with Gasteiger partial charge in [0, 0.05) is 35.0 Å². The normalized spacial score (nSPS) is 14.6. The Morgan fingerprint density at radius 2 is 1.70 bits per heavy atom. The maximum absolute atomic E-state index is 14.3. The molecule has 0 saturated carbocycles. The fourth-order valence-corrected chi connectivity index (χ4v) is 6.13. The van der Waals surface area contributed by atoms with Gasteiger partial charge in [-0.05, 0) is 65.2 Å². The number of anilines is 1. The molecule has 6 rings (SSSR count). The van der Waals surface area contributed by atoms with Crippen LogP contribution in [-0.2, 0) is 19.7 Å². The highest BCUT2D eigenvalue weighted by Crippen LogP contribution is 2.34. The number of sulfonamides is 1. The molecule has 46 heavy (non-hydrogen) atoms. The highest BCUT2D eigenvalue weighted by Gasteiger charge is 2.38. The van der Waals surface area contributed by atoms with Crippen molar-refractivity contribution in [1.82, 2.24) is 20.3 Å². The van der Waals surface area contributed by atoms with Gasteiger partial charge in [0.2, 0.25) is 5.88 Å². The molecule has 0 aliphatic carbocycles. The first kappa shape index (κ1) is 30.6. The summed E-state index contributed by atoms with van der Waals surface area (Å²) < 4.78 is 61.2. The van der Waals surface area contributed by atoms with Crippen molar-refractivity contribution >= 4 is 38.4 Å². The lowest BCUT2D eigenvalue weighted by Gasteiger charge is -2.35. The van der Waals surface area contributed by atoms with Crippen molar-refractivity contribution in [2.45, 2.75) is 10.9 Å². The number of nitrogens with one attached hydrogen (secondary N) is 2. The van der Waals surface area contributed by atoms with E-state index in [1.165, 1.54) is 26.5 Å². The molecule has 2 aromatic heterocycles. The van der Waals surface area contributed by atoms with Gasteiger partial charge in [-0.3, -0.25) is 24.1 Å². The minimum atomic E-state index is -4.47. The predicted octanol–water partition coefficient (Wildman–Crippen LogP) is 4.55. The van der Waals surface area contributed by atoms with Crippen LogP contribution in [0.15, 0.2) is 90.1 Å². The van der Waals surface area contributed by atoms with Crippen LogP contribution < -0.4 is 14.8 Å². The van der Waals surface area contributed by atoms with Gasteiger partial charge in [-0.25, -0.2) is 27.2 Å². The van der Waals surface area contributed by atoms with Gasteiger partial charge in [0.1, 0.15) is 28.3 Å². The average molecular weight is 646 g/mol. The van der Waals surface area contributed by atoms with Crippen molar-refractivity contribution in [3.63, 3.8) is 0 Å². The number of pyridine rings is 2. The molecule has 5 aromatic rings. The number of fused-ring (bicyclic) bond motifs is 1. The number of β-lactam (4-membered cyclic amide) rings is 1. The Hall–Kier alpha value is -5.47. The lowest BCUT2D eigenvalue weighted by Crippen LogP contribution is -2.63. The molecule has 1 aliphatic rings. The summed E-state index contributed by atoms with van der Waals surface area (Å²) in [5, 5.41) is 4.62. The van der Waals surface area contributed by atoms with E-state index in [0.717, 1.165) is 33.7 Å². The van der Waals surface area contributed by atoms with Crippen molar-refractivity contribution in [1.29, 1.82) is 0 Å². The van der Waals surface area contributed by atoms with Crippen LogP contribution in [0.1, 0.15) is 10.4 Å². The summed E-state index contributed by atoms with van der Waals surface area (Å²) in [5.74, 6) is -2.91. The number of hydrogen-bond acceptors (Lipinski definition) is 8. The number of halogens is 2. The van der Waals surface area contributed by atoms with E-state index in [1.54, 1.807) is 42.6 Å². The second-order valence-electron chi connectivity index (χ2n) is 10.2. The molecular weight excluding hydrogens is 620 g/mol. The van der Waals surface area contributed by atoms with E-state index in [2.05, 4.69) is 20.0 Å². The van der Waals surface area contributed by atoms with Gasteiger partial charge in [-0.15, -0.1) is 0 Å². The number of carbonyl (C=O) groups excluding carboxylic acids is 2. The Morgan fingerprint density at radius 3 is 2.39 bits per heavy atom. The molecule has 234 valence electrons. The Labute approximate surface area is 261 Å².